The van der Waals surface area contributed by atoms with Crippen molar-refractivity contribution < 1.29 is 14.7 Å². The zero-order valence-electron chi connectivity index (χ0n) is 23.0. The fourth-order valence-corrected chi connectivity index (χ4v) is 4.51. The zero-order chi connectivity index (χ0) is 28.0. The highest BCUT2D eigenvalue weighted by Crippen LogP contribution is 2.39. The summed E-state index contributed by atoms with van der Waals surface area (Å²) in [7, 11) is 0. The van der Waals surface area contributed by atoms with Crippen LogP contribution in [-0.4, -0.2) is 23.4 Å². The lowest BCUT2D eigenvalue weighted by molar-refractivity contribution is 0.0696. The van der Waals surface area contributed by atoms with Crippen LogP contribution in [0.3, 0.4) is 0 Å². The molecule has 0 saturated carbocycles. The van der Waals surface area contributed by atoms with Gasteiger partial charge in [-0.15, -0.1) is 0 Å². The summed E-state index contributed by atoms with van der Waals surface area (Å²) in [6.45, 7) is 9.33. The summed E-state index contributed by atoms with van der Waals surface area (Å²) in [5, 5.41) is 12.8. The van der Waals surface area contributed by atoms with E-state index in [4.69, 9.17) is 5.11 Å². The van der Waals surface area contributed by atoms with Crippen molar-refractivity contribution in [3.63, 3.8) is 0 Å². The molecule has 0 amide bonds. The number of hydrogen-bond donors (Lipinski definition) is 2. The molecule has 0 saturated heterocycles. The van der Waals surface area contributed by atoms with E-state index < -0.39 is 5.97 Å². The lowest BCUT2D eigenvalue weighted by atomic mass is 9.81. The first-order valence-corrected chi connectivity index (χ1v) is 13.2. The van der Waals surface area contributed by atoms with Crippen LogP contribution in [0.1, 0.15) is 63.7 Å². The van der Waals surface area contributed by atoms with Crippen molar-refractivity contribution in [1.82, 2.24) is 0 Å². The fourth-order valence-electron chi connectivity index (χ4n) is 4.51. The summed E-state index contributed by atoms with van der Waals surface area (Å²) < 4.78 is 0. The predicted molar refractivity (Wildman–Crippen MR) is 161 cm³/mol. The third kappa shape index (κ3) is 7.11. The molecule has 39 heavy (non-hydrogen) atoms. The Morgan fingerprint density at radius 1 is 0.846 bits per heavy atom. The quantitative estimate of drug-likeness (QED) is 0.173. The third-order valence-corrected chi connectivity index (χ3v) is 6.74. The van der Waals surface area contributed by atoms with Crippen LogP contribution < -0.4 is 5.32 Å². The molecule has 4 rings (SSSR count). The van der Waals surface area contributed by atoms with Gasteiger partial charge in [0.2, 0.25) is 0 Å². The number of ketones is 1. The van der Waals surface area contributed by atoms with Gasteiger partial charge >= 0.3 is 5.97 Å². The van der Waals surface area contributed by atoms with Crippen LogP contribution in [0.5, 0.6) is 0 Å². The molecule has 0 bridgehead atoms. The van der Waals surface area contributed by atoms with Crippen molar-refractivity contribution >= 4 is 23.5 Å². The van der Waals surface area contributed by atoms with Gasteiger partial charge < -0.3 is 10.4 Å². The lowest BCUT2D eigenvalue weighted by Gasteiger charge is -2.27. The molecule has 0 heterocycles. The first-order chi connectivity index (χ1) is 18.6. The monoisotopic (exact) mass is 517 g/mol. The van der Waals surface area contributed by atoms with E-state index in [1.54, 1.807) is 24.3 Å². The van der Waals surface area contributed by atoms with E-state index >= 15 is 0 Å². The van der Waals surface area contributed by atoms with Crippen molar-refractivity contribution in [2.45, 2.75) is 39.5 Å². The van der Waals surface area contributed by atoms with E-state index in [2.05, 4.69) is 81.5 Å². The van der Waals surface area contributed by atoms with Crippen molar-refractivity contribution in [2.75, 3.05) is 11.9 Å². The Balaban J connectivity index is 1.72. The Bertz CT molecular complexity index is 1480. The first-order valence-electron chi connectivity index (χ1n) is 13.2. The minimum Gasteiger partial charge on any atom is -0.478 e. The molecular weight excluding hydrogens is 482 g/mol. The van der Waals surface area contributed by atoms with E-state index in [1.165, 1.54) is 23.3 Å². The smallest absolute Gasteiger partial charge is 0.335 e. The Morgan fingerprint density at radius 2 is 1.51 bits per heavy atom. The average Bonchev–Trinajstić information content (AvgIpc) is 2.92. The number of aryl methyl sites for hydroxylation is 1. The second kappa shape index (κ2) is 12.0. The molecular formula is C35H35NO3. The van der Waals surface area contributed by atoms with Crippen LogP contribution in [-0.2, 0) is 11.8 Å². The highest BCUT2D eigenvalue weighted by molar-refractivity contribution is 6.08. The molecule has 4 nitrogen and oxygen atoms in total. The largest absolute Gasteiger partial charge is 0.478 e. The van der Waals surface area contributed by atoms with Crippen LogP contribution >= 0.6 is 0 Å². The van der Waals surface area contributed by atoms with Gasteiger partial charge in [0.05, 0.1) is 5.56 Å². The Hall–Kier alpha value is -4.44. The molecule has 0 aliphatic rings. The molecule has 4 aromatic carbocycles. The summed E-state index contributed by atoms with van der Waals surface area (Å²) in [6, 6.07) is 29.3. The molecule has 0 radical (unpaired) electrons. The second-order valence-corrected chi connectivity index (χ2v) is 10.8. The van der Waals surface area contributed by atoms with E-state index in [-0.39, 0.29) is 16.8 Å². The summed E-state index contributed by atoms with van der Waals surface area (Å²) in [5.41, 5.74) is 8.01. The van der Waals surface area contributed by atoms with Crippen LogP contribution in [0.15, 0.2) is 97.1 Å². The minimum absolute atomic E-state index is 0.105. The summed E-state index contributed by atoms with van der Waals surface area (Å²) in [6.07, 6.45) is 4.17. The van der Waals surface area contributed by atoms with Gasteiger partial charge in [0.25, 0.3) is 0 Å². The lowest BCUT2D eigenvalue weighted by Crippen LogP contribution is -2.18. The van der Waals surface area contributed by atoms with E-state index in [1.807, 2.05) is 18.2 Å². The van der Waals surface area contributed by atoms with Gasteiger partial charge in [-0.25, -0.2) is 4.79 Å². The van der Waals surface area contributed by atoms with Crippen molar-refractivity contribution in [3.8, 4) is 11.1 Å². The number of nitrogens with one attached hydrogen (secondary N) is 1. The number of benzene rings is 4. The average molecular weight is 518 g/mol. The maximum atomic E-state index is 13.4. The molecule has 4 aromatic rings. The van der Waals surface area contributed by atoms with Crippen LogP contribution in [0, 0.1) is 6.92 Å². The maximum Gasteiger partial charge on any atom is 0.335 e. The molecule has 0 spiro atoms. The SMILES string of the molecule is Cc1ccc(-c2cc(C(=O)C=Cc3ccc(C(=O)O)cc3)cc(C(C)(C)C)c2NCCc2ccccc2)cc1. The Labute approximate surface area is 231 Å². The number of carbonyl (C=O) groups is 2. The highest BCUT2D eigenvalue weighted by Gasteiger charge is 2.23. The fraction of sp³-hybridized carbons (Fsp3) is 0.200. The third-order valence-electron chi connectivity index (χ3n) is 6.74. The number of aromatic carboxylic acids is 1. The van der Waals surface area contributed by atoms with Gasteiger partial charge in [-0.3, -0.25) is 4.79 Å². The molecule has 0 unspecified atom stereocenters. The maximum absolute atomic E-state index is 13.4. The van der Waals surface area contributed by atoms with Gasteiger partial charge in [-0.05, 0) is 71.4 Å². The number of carboxylic acid groups (broad SMARTS) is 1. The second-order valence-electron chi connectivity index (χ2n) is 10.8. The number of carbonyl (C=O) groups excluding carboxylic acids is 1. The molecule has 0 aliphatic heterocycles. The number of anilines is 1. The van der Waals surface area contributed by atoms with Gasteiger partial charge in [-0.2, -0.15) is 0 Å². The topological polar surface area (TPSA) is 66.4 Å². The standard InChI is InChI=1S/C35H35NO3/c1-24-10-15-27(16-11-24)30-22-29(32(37)19-14-26-12-17-28(18-13-26)34(38)39)23-31(35(2,3)4)33(30)36-21-20-25-8-6-5-7-9-25/h5-19,22-23,36H,20-21H2,1-4H3,(H,38,39). The normalized spacial score (nSPS) is 11.5. The summed E-state index contributed by atoms with van der Waals surface area (Å²) in [4.78, 5) is 24.6. The number of carboxylic acids is 1. The van der Waals surface area contributed by atoms with E-state index in [0.29, 0.717) is 5.56 Å². The van der Waals surface area contributed by atoms with Crippen molar-refractivity contribution in [1.29, 1.82) is 0 Å². The van der Waals surface area contributed by atoms with E-state index in [0.717, 1.165) is 40.9 Å². The zero-order valence-corrected chi connectivity index (χ0v) is 23.0. The summed E-state index contributed by atoms with van der Waals surface area (Å²) >= 11 is 0. The molecule has 198 valence electrons. The van der Waals surface area contributed by atoms with Gasteiger partial charge in [0.1, 0.15) is 0 Å². The molecule has 0 fully saturated rings. The first kappa shape index (κ1) is 27.6. The van der Waals surface area contributed by atoms with Crippen molar-refractivity contribution in [3.05, 3.63) is 130 Å². The van der Waals surface area contributed by atoms with Gasteiger partial charge in [0.15, 0.2) is 5.78 Å². The number of allylic oxidation sites excluding steroid dienone is 1. The number of hydrogen-bond acceptors (Lipinski definition) is 3. The molecule has 0 aromatic heterocycles. The van der Waals surface area contributed by atoms with Crippen LogP contribution in [0.2, 0.25) is 0 Å². The van der Waals surface area contributed by atoms with Crippen LogP contribution in [0.4, 0.5) is 5.69 Å². The Morgan fingerprint density at radius 3 is 2.13 bits per heavy atom. The molecule has 0 aliphatic carbocycles. The summed E-state index contributed by atoms with van der Waals surface area (Å²) in [5.74, 6) is -1.08. The van der Waals surface area contributed by atoms with Gasteiger partial charge in [0, 0.05) is 23.4 Å². The Kier molecular flexibility index (Phi) is 8.46. The molecule has 2 N–H and O–H groups in total. The molecule has 0 atom stereocenters. The van der Waals surface area contributed by atoms with Crippen LogP contribution in [0.25, 0.3) is 17.2 Å². The minimum atomic E-state index is -0.975. The highest BCUT2D eigenvalue weighted by atomic mass is 16.4. The number of rotatable bonds is 9. The van der Waals surface area contributed by atoms with Crippen molar-refractivity contribution in [2.24, 2.45) is 0 Å². The van der Waals surface area contributed by atoms with Gasteiger partial charge in [-0.1, -0.05) is 99.1 Å². The predicted octanol–water partition coefficient (Wildman–Crippen LogP) is 8.21. The van der Waals surface area contributed by atoms with E-state index in [9.17, 15) is 9.59 Å². The molecule has 4 heteroatoms.